The molecule has 1 N–H and O–H groups in total. The van der Waals surface area contributed by atoms with E-state index in [1.165, 1.54) is 18.3 Å². The fourth-order valence-corrected chi connectivity index (χ4v) is 2.19. The number of aromatic nitrogens is 1. The molecule has 0 aliphatic heterocycles. The molecular weight excluding hydrogens is 248 g/mol. The third-order valence-corrected chi connectivity index (χ3v) is 3.04. The van der Waals surface area contributed by atoms with Crippen molar-refractivity contribution in [3.8, 4) is 5.75 Å². The SMILES string of the molecule is CCOc1ccc(Nc2nc(C(C)=O)cs2)cc1. The van der Waals surface area contributed by atoms with Gasteiger partial charge in [0.2, 0.25) is 0 Å². The van der Waals surface area contributed by atoms with Crippen LogP contribution in [0.2, 0.25) is 0 Å². The molecule has 18 heavy (non-hydrogen) atoms. The molecule has 4 nitrogen and oxygen atoms in total. The Kier molecular flexibility index (Phi) is 3.94. The Morgan fingerprint density at radius 3 is 2.67 bits per heavy atom. The Morgan fingerprint density at radius 1 is 1.39 bits per heavy atom. The molecule has 0 saturated heterocycles. The van der Waals surface area contributed by atoms with Crippen LogP contribution >= 0.6 is 11.3 Å². The van der Waals surface area contributed by atoms with Crippen molar-refractivity contribution >= 4 is 27.9 Å². The lowest BCUT2D eigenvalue weighted by Gasteiger charge is -2.05. The molecule has 0 saturated carbocycles. The van der Waals surface area contributed by atoms with Crippen LogP contribution in [0.5, 0.6) is 5.75 Å². The second-order valence-electron chi connectivity index (χ2n) is 3.68. The second kappa shape index (κ2) is 5.64. The number of carbonyl (C=O) groups excluding carboxylic acids is 1. The van der Waals surface area contributed by atoms with Gasteiger partial charge in [-0.15, -0.1) is 11.3 Å². The molecule has 5 heteroatoms. The molecule has 0 atom stereocenters. The minimum atomic E-state index is -0.0222. The largest absolute Gasteiger partial charge is 0.494 e. The minimum Gasteiger partial charge on any atom is -0.494 e. The summed E-state index contributed by atoms with van der Waals surface area (Å²) in [7, 11) is 0. The molecule has 0 amide bonds. The smallest absolute Gasteiger partial charge is 0.187 e. The minimum absolute atomic E-state index is 0.0222. The molecule has 1 aromatic carbocycles. The third-order valence-electron chi connectivity index (χ3n) is 2.28. The number of ketones is 1. The van der Waals surface area contributed by atoms with E-state index in [0.717, 1.165) is 11.4 Å². The van der Waals surface area contributed by atoms with E-state index in [1.807, 2.05) is 31.2 Å². The fraction of sp³-hybridized carbons (Fsp3) is 0.231. The molecule has 94 valence electrons. The number of rotatable bonds is 5. The van der Waals surface area contributed by atoms with Crippen LogP contribution in [0.25, 0.3) is 0 Å². The average molecular weight is 262 g/mol. The number of ether oxygens (including phenoxy) is 1. The van der Waals surface area contributed by atoms with Crippen LogP contribution in [0.15, 0.2) is 29.6 Å². The number of anilines is 2. The first-order chi connectivity index (χ1) is 8.69. The van der Waals surface area contributed by atoms with Crippen LogP contribution in [0.4, 0.5) is 10.8 Å². The number of Topliss-reactive ketones (excluding diaryl/α,β-unsaturated/α-hetero) is 1. The summed E-state index contributed by atoms with van der Waals surface area (Å²) in [5.41, 5.74) is 1.41. The molecule has 0 unspecified atom stereocenters. The Labute approximate surface area is 110 Å². The van der Waals surface area contributed by atoms with Gasteiger partial charge in [0.25, 0.3) is 0 Å². The summed E-state index contributed by atoms with van der Waals surface area (Å²) in [5, 5.41) is 5.61. The molecule has 0 aliphatic rings. The highest BCUT2D eigenvalue weighted by atomic mass is 32.1. The van der Waals surface area contributed by atoms with Gasteiger partial charge in [-0.3, -0.25) is 4.79 Å². The number of hydrogen-bond acceptors (Lipinski definition) is 5. The number of thiazole rings is 1. The molecule has 0 bridgehead atoms. The number of nitrogens with one attached hydrogen (secondary N) is 1. The van der Waals surface area contributed by atoms with Crippen LogP contribution in [0.3, 0.4) is 0 Å². The Hall–Kier alpha value is -1.88. The summed E-state index contributed by atoms with van der Waals surface area (Å²) in [6.45, 7) is 4.11. The molecule has 2 rings (SSSR count). The molecular formula is C13H14N2O2S. The van der Waals surface area contributed by atoms with Gasteiger partial charge in [-0.05, 0) is 31.2 Å². The van der Waals surface area contributed by atoms with E-state index in [1.54, 1.807) is 5.38 Å². The van der Waals surface area contributed by atoms with Gasteiger partial charge in [-0.25, -0.2) is 4.98 Å². The fourth-order valence-electron chi connectivity index (χ4n) is 1.42. The van der Waals surface area contributed by atoms with Crippen molar-refractivity contribution in [1.82, 2.24) is 4.98 Å². The predicted octanol–water partition coefficient (Wildman–Crippen LogP) is 3.49. The number of hydrogen-bond donors (Lipinski definition) is 1. The van der Waals surface area contributed by atoms with Crippen LogP contribution in [0.1, 0.15) is 24.3 Å². The molecule has 0 aliphatic carbocycles. The van der Waals surface area contributed by atoms with Gasteiger partial charge in [0.05, 0.1) is 6.61 Å². The summed E-state index contributed by atoms with van der Waals surface area (Å²) >= 11 is 1.41. The van der Waals surface area contributed by atoms with E-state index >= 15 is 0 Å². The monoisotopic (exact) mass is 262 g/mol. The third kappa shape index (κ3) is 3.07. The number of nitrogens with zero attached hydrogens (tertiary/aromatic N) is 1. The van der Waals surface area contributed by atoms with E-state index in [0.29, 0.717) is 17.4 Å². The summed E-state index contributed by atoms with van der Waals surface area (Å²) in [5.74, 6) is 0.817. The van der Waals surface area contributed by atoms with Crippen molar-refractivity contribution in [2.45, 2.75) is 13.8 Å². The van der Waals surface area contributed by atoms with Crippen molar-refractivity contribution in [2.75, 3.05) is 11.9 Å². The van der Waals surface area contributed by atoms with Crippen molar-refractivity contribution < 1.29 is 9.53 Å². The first-order valence-electron chi connectivity index (χ1n) is 5.65. The highest BCUT2D eigenvalue weighted by Crippen LogP contribution is 2.23. The number of benzene rings is 1. The standard InChI is InChI=1S/C13H14N2O2S/c1-3-17-11-6-4-10(5-7-11)14-13-15-12(8-18-13)9(2)16/h4-8H,3H2,1-2H3,(H,14,15). The maximum Gasteiger partial charge on any atom is 0.187 e. The second-order valence-corrected chi connectivity index (χ2v) is 4.53. The normalized spacial score (nSPS) is 10.1. The summed E-state index contributed by atoms with van der Waals surface area (Å²) in [6.07, 6.45) is 0. The maximum absolute atomic E-state index is 11.1. The van der Waals surface area contributed by atoms with Crippen LogP contribution in [-0.2, 0) is 0 Å². The Bertz CT molecular complexity index is 534. The van der Waals surface area contributed by atoms with Crippen LogP contribution < -0.4 is 10.1 Å². The first-order valence-corrected chi connectivity index (χ1v) is 6.53. The van der Waals surface area contributed by atoms with Crippen molar-refractivity contribution in [3.63, 3.8) is 0 Å². The van der Waals surface area contributed by atoms with Crippen molar-refractivity contribution in [3.05, 3.63) is 35.3 Å². The Morgan fingerprint density at radius 2 is 2.11 bits per heavy atom. The van der Waals surface area contributed by atoms with Gasteiger partial charge < -0.3 is 10.1 Å². The Balaban J connectivity index is 2.06. The zero-order chi connectivity index (χ0) is 13.0. The highest BCUT2D eigenvalue weighted by Gasteiger charge is 2.05. The van der Waals surface area contributed by atoms with Gasteiger partial charge in [-0.2, -0.15) is 0 Å². The zero-order valence-electron chi connectivity index (χ0n) is 10.3. The van der Waals surface area contributed by atoms with Gasteiger partial charge in [0.1, 0.15) is 11.4 Å². The van der Waals surface area contributed by atoms with Crippen molar-refractivity contribution in [1.29, 1.82) is 0 Å². The highest BCUT2D eigenvalue weighted by molar-refractivity contribution is 7.14. The van der Waals surface area contributed by atoms with Crippen LogP contribution in [0, 0.1) is 0 Å². The maximum atomic E-state index is 11.1. The lowest BCUT2D eigenvalue weighted by molar-refractivity contribution is 0.101. The zero-order valence-corrected chi connectivity index (χ0v) is 11.1. The van der Waals surface area contributed by atoms with E-state index < -0.39 is 0 Å². The molecule has 2 aromatic rings. The molecule has 1 heterocycles. The van der Waals surface area contributed by atoms with Gasteiger partial charge in [0.15, 0.2) is 10.9 Å². The summed E-state index contributed by atoms with van der Waals surface area (Å²) in [6, 6.07) is 7.62. The summed E-state index contributed by atoms with van der Waals surface area (Å²) < 4.78 is 5.36. The number of carbonyl (C=O) groups is 1. The predicted molar refractivity (Wildman–Crippen MR) is 73.0 cm³/mol. The van der Waals surface area contributed by atoms with Crippen LogP contribution in [-0.4, -0.2) is 17.4 Å². The molecule has 0 fully saturated rings. The quantitative estimate of drug-likeness (QED) is 0.838. The van der Waals surface area contributed by atoms with Crippen molar-refractivity contribution in [2.24, 2.45) is 0 Å². The van der Waals surface area contributed by atoms with Gasteiger partial charge in [-0.1, -0.05) is 0 Å². The topological polar surface area (TPSA) is 51.2 Å². The van der Waals surface area contributed by atoms with Gasteiger partial charge in [0, 0.05) is 18.0 Å². The van der Waals surface area contributed by atoms with E-state index in [2.05, 4.69) is 10.3 Å². The average Bonchev–Trinajstić information content (AvgIpc) is 2.81. The van der Waals surface area contributed by atoms with Gasteiger partial charge >= 0.3 is 0 Å². The van der Waals surface area contributed by atoms with E-state index in [9.17, 15) is 4.79 Å². The van der Waals surface area contributed by atoms with E-state index in [4.69, 9.17) is 4.74 Å². The first kappa shape index (κ1) is 12.6. The summed E-state index contributed by atoms with van der Waals surface area (Å²) in [4.78, 5) is 15.3. The lowest BCUT2D eigenvalue weighted by atomic mass is 10.3. The molecule has 0 radical (unpaired) electrons. The van der Waals surface area contributed by atoms with E-state index in [-0.39, 0.29) is 5.78 Å². The molecule has 0 spiro atoms. The lowest BCUT2D eigenvalue weighted by Crippen LogP contribution is -1.95. The molecule has 1 aromatic heterocycles.